The zero-order valence-corrected chi connectivity index (χ0v) is 12.3. The normalized spacial score (nSPS) is 23.8. The van der Waals surface area contributed by atoms with Gasteiger partial charge in [-0.15, -0.1) is 0 Å². The number of carboxylic acid groups (broad SMARTS) is 1. The van der Waals surface area contributed by atoms with E-state index >= 15 is 0 Å². The number of carboxylic acids is 1. The first kappa shape index (κ1) is 15.2. The van der Waals surface area contributed by atoms with Gasteiger partial charge in [0.15, 0.2) is 0 Å². The fraction of sp³-hybridized carbons (Fsp3) is 0.769. The summed E-state index contributed by atoms with van der Waals surface area (Å²) in [5, 5.41) is 11.7. The second-order valence-corrected chi connectivity index (χ2v) is 6.34. The molecular formula is C13H20N2O4S. The first-order valence-corrected chi connectivity index (χ1v) is 8.24. The van der Waals surface area contributed by atoms with Gasteiger partial charge in [0.05, 0.1) is 5.92 Å². The number of rotatable bonds is 7. The fourth-order valence-corrected chi connectivity index (χ4v) is 2.90. The molecule has 0 aromatic carbocycles. The fourth-order valence-electron chi connectivity index (χ4n) is 2.43. The van der Waals surface area contributed by atoms with Gasteiger partial charge >= 0.3 is 5.97 Å². The van der Waals surface area contributed by atoms with E-state index in [0.717, 1.165) is 12.8 Å². The number of nitrogens with one attached hydrogen (secondary N) is 1. The molecule has 112 valence electrons. The Hall–Kier alpha value is -1.24. The van der Waals surface area contributed by atoms with Crippen LogP contribution in [0.2, 0.25) is 0 Å². The highest BCUT2D eigenvalue weighted by atomic mass is 32.2. The molecule has 1 saturated heterocycles. The van der Waals surface area contributed by atoms with Crippen LogP contribution in [0.5, 0.6) is 0 Å². The standard InChI is InChI=1S/C13H20N2O4S/c1-20-5-4-10(13(18)19)14-12(17)8-6-11(16)15(7-8)9-2-3-9/h8-10H,2-7H2,1H3,(H,14,17)(H,18,19). The number of nitrogens with zero attached hydrogens (tertiary/aromatic N) is 1. The van der Waals surface area contributed by atoms with Crippen molar-refractivity contribution in [1.29, 1.82) is 0 Å². The van der Waals surface area contributed by atoms with E-state index in [2.05, 4.69) is 5.32 Å². The lowest BCUT2D eigenvalue weighted by Gasteiger charge is -2.18. The topological polar surface area (TPSA) is 86.7 Å². The molecule has 1 heterocycles. The third-order valence-corrected chi connectivity index (χ3v) is 4.39. The summed E-state index contributed by atoms with van der Waals surface area (Å²) in [7, 11) is 0. The Balaban J connectivity index is 1.87. The van der Waals surface area contributed by atoms with Crippen LogP contribution in [0.3, 0.4) is 0 Å². The van der Waals surface area contributed by atoms with Gasteiger partial charge in [-0.3, -0.25) is 9.59 Å². The molecule has 1 saturated carbocycles. The summed E-state index contributed by atoms with van der Waals surface area (Å²) in [5.41, 5.74) is 0. The molecule has 2 atom stereocenters. The van der Waals surface area contributed by atoms with Crippen molar-refractivity contribution < 1.29 is 19.5 Å². The van der Waals surface area contributed by atoms with E-state index in [4.69, 9.17) is 5.11 Å². The molecule has 6 nitrogen and oxygen atoms in total. The molecule has 0 aromatic heterocycles. The number of hydrogen-bond acceptors (Lipinski definition) is 4. The van der Waals surface area contributed by atoms with E-state index in [9.17, 15) is 14.4 Å². The van der Waals surface area contributed by atoms with Gasteiger partial charge in [0, 0.05) is 19.0 Å². The van der Waals surface area contributed by atoms with Crippen molar-refractivity contribution in [2.75, 3.05) is 18.6 Å². The molecule has 1 aliphatic heterocycles. The highest BCUT2D eigenvalue weighted by molar-refractivity contribution is 7.98. The number of amides is 2. The highest BCUT2D eigenvalue weighted by Crippen LogP contribution is 2.32. The lowest BCUT2D eigenvalue weighted by atomic mass is 10.1. The Bertz CT molecular complexity index is 411. The van der Waals surface area contributed by atoms with Crippen molar-refractivity contribution in [3.63, 3.8) is 0 Å². The summed E-state index contributed by atoms with van der Waals surface area (Å²) in [4.78, 5) is 36.8. The van der Waals surface area contributed by atoms with E-state index < -0.39 is 17.9 Å². The predicted molar refractivity (Wildman–Crippen MR) is 75.4 cm³/mol. The van der Waals surface area contributed by atoms with Crippen molar-refractivity contribution in [3.05, 3.63) is 0 Å². The molecular weight excluding hydrogens is 280 g/mol. The second-order valence-electron chi connectivity index (χ2n) is 5.36. The quantitative estimate of drug-likeness (QED) is 0.707. The molecule has 2 fully saturated rings. The minimum absolute atomic E-state index is 0.0173. The minimum atomic E-state index is -1.02. The Kier molecular flexibility index (Phi) is 4.91. The number of likely N-dealkylation sites (tertiary alicyclic amines) is 1. The molecule has 0 spiro atoms. The zero-order valence-electron chi connectivity index (χ0n) is 11.5. The summed E-state index contributed by atoms with van der Waals surface area (Å²) in [6, 6.07) is -0.549. The van der Waals surface area contributed by atoms with Crippen LogP contribution < -0.4 is 5.32 Å². The Morgan fingerprint density at radius 1 is 1.50 bits per heavy atom. The van der Waals surface area contributed by atoms with E-state index in [1.54, 1.807) is 16.7 Å². The lowest BCUT2D eigenvalue weighted by molar-refractivity contribution is -0.142. The lowest BCUT2D eigenvalue weighted by Crippen LogP contribution is -2.44. The number of thioether (sulfide) groups is 1. The first-order valence-electron chi connectivity index (χ1n) is 6.84. The SMILES string of the molecule is CSCCC(NC(=O)C1CC(=O)N(C2CC2)C1)C(=O)O. The highest BCUT2D eigenvalue weighted by Gasteiger charge is 2.42. The van der Waals surface area contributed by atoms with Gasteiger partial charge in [0.2, 0.25) is 11.8 Å². The molecule has 2 aliphatic rings. The van der Waals surface area contributed by atoms with Crippen LogP contribution in [0.4, 0.5) is 0 Å². The van der Waals surface area contributed by atoms with Crippen molar-refractivity contribution in [1.82, 2.24) is 10.2 Å². The maximum Gasteiger partial charge on any atom is 0.326 e. The summed E-state index contributed by atoms with van der Waals surface area (Å²) in [6.45, 7) is 0.435. The van der Waals surface area contributed by atoms with Gasteiger partial charge in [-0.05, 0) is 31.3 Å². The van der Waals surface area contributed by atoms with Crippen LogP contribution in [-0.2, 0) is 14.4 Å². The van der Waals surface area contributed by atoms with Crippen molar-refractivity contribution >= 4 is 29.5 Å². The maximum absolute atomic E-state index is 12.1. The van der Waals surface area contributed by atoms with E-state index in [-0.39, 0.29) is 18.2 Å². The van der Waals surface area contributed by atoms with Gasteiger partial charge < -0.3 is 15.3 Å². The summed E-state index contributed by atoms with van der Waals surface area (Å²) < 4.78 is 0. The Labute approximate surface area is 122 Å². The number of hydrogen-bond donors (Lipinski definition) is 2. The van der Waals surface area contributed by atoms with Gasteiger partial charge in [-0.25, -0.2) is 4.79 Å². The largest absolute Gasteiger partial charge is 0.480 e. The average Bonchev–Trinajstić information content (AvgIpc) is 3.17. The third kappa shape index (κ3) is 3.65. The molecule has 0 aromatic rings. The molecule has 2 amide bonds. The number of carbonyl (C=O) groups excluding carboxylic acids is 2. The van der Waals surface area contributed by atoms with Crippen LogP contribution in [-0.4, -0.2) is 58.4 Å². The van der Waals surface area contributed by atoms with Crippen LogP contribution in [0.1, 0.15) is 25.7 Å². The third-order valence-electron chi connectivity index (χ3n) is 3.74. The van der Waals surface area contributed by atoms with Gasteiger partial charge in [-0.1, -0.05) is 0 Å². The Morgan fingerprint density at radius 3 is 2.75 bits per heavy atom. The molecule has 2 unspecified atom stereocenters. The van der Waals surface area contributed by atoms with E-state index in [0.29, 0.717) is 24.8 Å². The zero-order chi connectivity index (χ0) is 14.7. The summed E-state index contributed by atoms with van der Waals surface area (Å²) in [5.74, 6) is -1.04. The van der Waals surface area contributed by atoms with Crippen LogP contribution >= 0.6 is 11.8 Å². The van der Waals surface area contributed by atoms with Crippen molar-refractivity contribution in [2.45, 2.75) is 37.8 Å². The summed E-state index contributed by atoms with van der Waals surface area (Å²) in [6.07, 6.45) is 4.54. The molecule has 20 heavy (non-hydrogen) atoms. The van der Waals surface area contributed by atoms with Gasteiger partial charge in [0.1, 0.15) is 6.04 Å². The van der Waals surface area contributed by atoms with Crippen LogP contribution in [0, 0.1) is 5.92 Å². The molecule has 7 heteroatoms. The van der Waals surface area contributed by atoms with E-state index in [1.165, 1.54) is 0 Å². The predicted octanol–water partition coefficient (Wildman–Crippen LogP) is 0.320. The van der Waals surface area contributed by atoms with Gasteiger partial charge in [-0.2, -0.15) is 11.8 Å². The Morgan fingerprint density at radius 2 is 2.20 bits per heavy atom. The van der Waals surface area contributed by atoms with Gasteiger partial charge in [0.25, 0.3) is 0 Å². The van der Waals surface area contributed by atoms with Crippen LogP contribution in [0.25, 0.3) is 0 Å². The van der Waals surface area contributed by atoms with Crippen molar-refractivity contribution in [2.24, 2.45) is 5.92 Å². The molecule has 2 rings (SSSR count). The smallest absolute Gasteiger partial charge is 0.326 e. The maximum atomic E-state index is 12.1. The van der Waals surface area contributed by atoms with Crippen molar-refractivity contribution in [3.8, 4) is 0 Å². The number of carbonyl (C=O) groups is 3. The van der Waals surface area contributed by atoms with Crippen LogP contribution in [0.15, 0.2) is 0 Å². The second kappa shape index (κ2) is 6.47. The van der Waals surface area contributed by atoms with E-state index in [1.807, 2.05) is 6.26 Å². The first-order chi connectivity index (χ1) is 9.52. The molecule has 0 radical (unpaired) electrons. The molecule has 0 bridgehead atoms. The molecule has 2 N–H and O–H groups in total. The summed E-state index contributed by atoms with van der Waals surface area (Å²) >= 11 is 1.54. The monoisotopic (exact) mass is 300 g/mol. The molecule has 1 aliphatic carbocycles. The minimum Gasteiger partial charge on any atom is -0.480 e. The number of aliphatic carboxylic acids is 1. The average molecular weight is 300 g/mol.